The predicted molar refractivity (Wildman–Crippen MR) is 89.7 cm³/mol. The molecule has 5 nitrogen and oxygen atoms in total. The molecule has 0 aliphatic carbocycles. The van der Waals surface area contributed by atoms with Crippen molar-refractivity contribution in [3.8, 4) is 0 Å². The van der Waals surface area contributed by atoms with Crippen molar-refractivity contribution in [1.82, 2.24) is 10.2 Å². The zero-order chi connectivity index (χ0) is 13.5. The number of halogens is 1. The molecule has 1 rings (SSSR count). The molecule has 6 heteroatoms. The molecule has 0 radical (unpaired) electrons. The predicted octanol–water partition coefficient (Wildman–Crippen LogP) is 1.34. The standard InChI is InChI=1S/C13H24N4O.HI/c1-10(2)7-15-13(14)16-8-11(3)9-17-6-4-5-12(17)18;/h11H,1,4-9H2,2-3H3,(H3,14,15,16);1H. The van der Waals surface area contributed by atoms with Crippen LogP contribution in [0.3, 0.4) is 0 Å². The molecule has 1 aliphatic rings. The fourth-order valence-electron chi connectivity index (χ4n) is 1.88. The summed E-state index contributed by atoms with van der Waals surface area (Å²) in [6.07, 6.45) is 1.68. The van der Waals surface area contributed by atoms with Gasteiger partial charge in [-0.1, -0.05) is 19.1 Å². The Balaban J connectivity index is 0.00000324. The molecule has 19 heavy (non-hydrogen) atoms. The SMILES string of the molecule is C=C(C)CNC(N)=NCC(C)CN1CCCC1=O.I. The number of nitrogens with one attached hydrogen (secondary N) is 1. The van der Waals surface area contributed by atoms with Crippen LogP contribution in [-0.2, 0) is 4.79 Å². The molecule has 0 aromatic rings. The molecule has 1 aliphatic heterocycles. The second kappa shape index (κ2) is 9.17. The van der Waals surface area contributed by atoms with Gasteiger partial charge in [-0.05, 0) is 19.3 Å². The number of guanidine groups is 1. The monoisotopic (exact) mass is 380 g/mol. The maximum Gasteiger partial charge on any atom is 0.222 e. The van der Waals surface area contributed by atoms with Crippen LogP contribution in [-0.4, -0.2) is 42.9 Å². The van der Waals surface area contributed by atoms with E-state index in [1.165, 1.54) is 0 Å². The second-order valence-electron chi connectivity index (χ2n) is 5.09. The van der Waals surface area contributed by atoms with Crippen molar-refractivity contribution in [2.45, 2.75) is 26.7 Å². The van der Waals surface area contributed by atoms with Gasteiger partial charge in [0, 0.05) is 32.6 Å². The second-order valence-corrected chi connectivity index (χ2v) is 5.09. The molecule has 0 aromatic heterocycles. The Morgan fingerprint density at radius 3 is 2.84 bits per heavy atom. The third-order valence-electron chi connectivity index (χ3n) is 2.85. The van der Waals surface area contributed by atoms with Crippen molar-refractivity contribution in [2.24, 2.45) is 16.6 Å². The van der Waals surface area contributed by atoms with E-state index in [0.717, 1.165) is 25.1 Å². The Morgan fingerprint density at radius 1 is 1.63 bits per heavy atom. The summed E-state index contributed by atoms with van der Waals surface area (Å²) < 4.78 is 0. The van der Waals surface area contributed by atoms with Gasteiger partial charge in [-0.3, -0.25) is 9.79 Å². The number of amides is 1. The number of hydrogen-bond acceptors (Lipinski definition) is 2. The minimum Gasteiger partial charge on any atom is -0.370 e. The summed E-state index contributed by atoms with van der Waals surface area (Å²) in [6.45, 7) is 10.7. The zero-order valence-corrected chi connectivity index (χ0v) is 14.1. The van der Waals surface area contributed by atoms with E-state index in [-0.39, 0.29) is 29.9 Å². The van der Waals surface area contributed by atoms with E-state index >= 15 is 0 Å². The maximum absolute atomic E-state index is 11.5. The van der Waals surface area contributed by atoms with Crippen molar-refractivity contribution in [3.05, 3.63) is 12.2 Å². The van der Waals surface area contributed by atoms with E-state index in [2.05, 4.69) is 23.8 Å². The topological polar surface area (TPSA) is 70.7 Å². The highest BCUT2D eigenvalue weighted by Gasteiger charge is 2.21. The molecule has 0 saturated carbocycles. The van der Waals surface area contributed by atoms with Crippen molar-refractivity contribution in [3.63, 3.8) is 0 Å². The Bertz CT molecular complexity index is 344. The molecule has 1 saturated heterocycles. The highest BCUT2D eigenvalue weighted by atomic mass is 127. The van der Waals surface area contributed by atoms with Gasteiger partial charge in [-0.2, -0.15) is 0 Å². The lowest BCUT2D eigenvalue weighted by atomic mass is 10.2. The summed E-state index contributed by atoms with van der Waals surface area (Å²) in [5.74, 6) is 1.04. The summed E-state index contributed by atoms with van der Waals surface area (Å²) in [5, 5.41) is 2.99. The Kier molecular flexibility index (Phi) is 8.79. The summed E-state index contributed by atoms with van der Waals surface area (Å²) in [4.78, 5) is 17.7. The molecule has 0 bridgehead atoms. The van der Waals surface area contributed by atoms with Crippen molar-refractivity contribution >= 4 is 35.8 Å². The average molecular weight is 380 g/mol. The number of likely N-dealkylation sites (tertiary alicyclic amines) is 1. The van der Waals surface area contributed by atoms with Crippen molar-refractivity contribution < 1.29 is 4.79 Å². The van der Waals surface area contributed by atoms with E-state index in [0.29, 0.717) is 31.4 Å². The third-order valence-corrected chi connectivity index (χ3v) is 2.85. The van der Waals surface area contributed by atoms with E-state index in [4.69, 9.17) is 5.73 Å². The fraction of sp³-hybridized carbons (Fsp3) is 0.692. The van der Waals surface area contributed by atoms with Gasteiger partial charge < -0.3 is 16.0 Å². The lowest BCUT2D eigenvalue weighted by Gasteiger charge is -2.19. The number of nitrogens with zero attached hydrogens (tertiary/aromatic N) is 2. The van der Waals surface area contributed by atoms with Gasteiger partial charge in [0.25, 0.3) is 0 Å². The van der Waals surface area contributed by atoms with Crippen LogP contribution < -0.4 is 11.1 Å². The van der Waals surface area contributed by atoms with Gasteiger partial charge in [-0.15, -0.1) is 24.0 Å². The zero-order valence-electron chi connectivity index (χ0n) is 11.8. The molecule has 1 amide bonds. The first-order valence-electron chi connectivity index (χ1n) is 6.45. The number of rotatable bonds is 6. The first-order chi connectivity index (χ1) is 8.49. The number of carbonyl (C=O) groups excluding carboxylic acids is 1. The van der Waals surface area contributed by atoms with Crippen molar-refractivity contribution in [1.29, 1.82) is 0 Å². The number of nitrogens with two attached hydrogens (primary N) is 1. The van der Waals surface area contributed by atoms with Crippen molar-refractivity contribution in [2.75, 3.05) is 26.2 Å². The van der Waals surface area contributed by atoms with Crippen LogP contribution in [0.2, 0.25) is 0 Å². The smallest absolute Gasteiger partial charge is 0.222 e. The average Bonchev–Trinajstić information content (AvgIpc) is 2.69. The van der Waals surface area contributed by atoms with Gasteiger partial charge in [0.15, 0.2) is 5.96 Å². The highest BCUT2D eigenvalue weighted by molar-refractivity contribution is 14.0. The van der Waals surface area contributed by atoms with Crippen LogP contribution in [0.25, 0.3) is 0 Å². The van der Waals surface area contributed by atoms with Crippen LogP contribution in [0.5, 0.6) is 0 Å². The van der Waals surface area contributed by atoms with Crippen LogP contribution in [0.1, 0.15) is 26.7 Å². The number of carbonyl (C=O) groups is 1. The summed E-state index contributed by atoms with van der Waals surface area (Å²) >= 11 is 0. The number of hydrogen-bond donors (Lipinski definition) is 2. The molecule has 1 heterocycles. The van der Waals surface area contributed by atoms with Gasteiger partial charge in [0.2, 0.25) is 5.91 Å². The lowest BCUT2D eigenvalue weighted by Crippen LogP contribution is -2.34. The minimum atomic E-state index is 0. The minimum absolute atomic E-state index is 0. The van der Waals surface area contributed by atoms with Crippen LogP contribution in [0.4, 0.5) is 0 Å². The molecule has 0 spiro atoms. The van der Waals surface area contributed by atoms with Crippen LogP contribution >= 0.6 is 24.0 Å². The van der Waals surface area contributed by atoms with E-state index in [1.807, 2.05) is 11.8 Å². The Hall–Kier alpha value is -0.790. The van der Waals surface area contributed by atoms with E-state index < -0.39 is 0 Å². The van der Waals surface area contributed by atoms with Gasteiger partial charge in [0.05, 0.1) is 0 Å². The molecular formula is C13H25IN4O. The quantitative estimate of drug-likeness (QED) is 0.316. The largest absolute Gasteiger partial charge is 0.370 e. The van der Waals surface area contributed by atoms with Crippen LogP contribution in [0.15, 0.2) is 17.1 Å². The van der Waals surface area contributed by atoms with Gasteiger partial charge >= 0.3 is 0 Å². The molecule has 1 fully saturated rings. The molecular weight excluding hydrogens is 355 g/mol. The number of aliphatic imine (C=N–C) groups is 1. The van der Waals surface area contributed by atoms with E-state index in [1.54, 1.807) is 0 Å². The molecule has 3 N–H and O–H groups in total. The van der Waals surface area contributed by atoms with E-state index in [9.17, 15) is 4.79 Å². The first kappa shape index (κ1) is 18.2. The van der Waals surface area contributed by atoms with Gasteiger partial charge in [-0.25, -0.2) is 0 Å². The summed E-state index contributed by atoms with van der Waals surface area (Å²) in [6, 6.07) is 0. The lowest BCUT2D eigenvalue weighted by molar-refractivity contribution is -0.128. The highest BCUT2D eigenvalue weighted by Crippen LogP contribution is 2.12. The third kappa shape index (κ3) is 7.39. The molecule has 1 atom stereocenters. The fourth-order valence-corrected chi connectivity index (χ4v) is 1.88. The summed E-state index contributed by atoms with van der Waals surface area (Å²) in [5.41, 5.74) is 6.74. The molecule has 110 valence electrons. The molecule has 1 unspecified atom stereocenters. The first-order valence-corrected chi connectivity index (χ1v) is 6.45. The maximum atomic E-state index is 11.5. The summed E-state index contributed by atoms with van der Waals surface area (Å²) in [7, 11) is 0. The normalized spacial score (nSPS) is 17.1. The molecule has 0 aromatic carbocycles. The Morgan fingerprint density at radius 2 is 2.32 bits per heavy atom. The Labute approximate surface area is 132 Å². The van der Waals surface area contributed by atoms with Crippen LogP contribution in [0, 0.1) is 5.92 Å². The van der Waals surface area contributed by atoms with Gasteiger partial charge in [0.1, 0.15) is 0 Å².